The second-order valence-corrected chi connectivity index (χ2v) is 7.46. The van der Waals surface area contributed by atoms with Crippen LogP contribution in [0.3, 0.4) is 0 Å². The van der Waals surface area contributed by atoms with Gasteiger partial charge in [0.15, 0.2) is 5.17 Å². The minimum absolute atomic E-state index is 0.117. The maximum atomic E-state index is 12.1. The summed E-state index contributed by atoms with van der Waals surface area (Å²) in [7, 11) is 0. The van der Waals surface area contributed by atoms with Crippen LogP contribution < -0.4 is 0 Å². The van der Waals surface area contributed by atoms with Gasteiger partial charge in [-0.3, -0.25) is 4.79 Å². The zero-order valence-electron chi connectivity index (χ0n) is 11.9. The van der Waals surface area contributed by atoms with E-state index in [1.807, 2.05) is 30.3 Å². The third-order valence-electron chi connectivity index (χ3n) is 3.81. The molecule has 2 heterocycles. The SMILES string of the molecule is CC1CCN(C2=NC(=O)/C(=C/c3cccc(Br)c3)S2)CC1. The van der Waals surface area contributed by atoms with Crippen molar-refractivity contribution in [2.75, 3.05) is 13.1 Å². The maximum Gasteiger partial charge on any atom is 0.286 e. The Morgan fingerprint density at radius 1 is 1.38 bits per heavy atom. The van der Waals surface area contributed by atoms with Crippen molar-refractivity contribution in [2.45, 2.75) is 19.8 Å². The third-order valence-corrected chi connectivity index (χ3v) is 5.35. The molecule has 0 atom stereocenters. The molecular weight excluding hydrogens is 348 g/mol. The number of nitrogens with zero attached hydrogens (tertiary/aromatic N) is 2. The van der Waals surface area contributed by atoms with E-state index in [1.54, 1.807) is 0 Å². The van der Waals surface area contributed by atoms with Gasteiger partial charge in [0.1, 0.15) is 0 Å². The van der Waals surface area contributed by atoms with Gasteiger partial charge in [0.25, 0.3) is 5.91 Å². The summed E-state index contributed by atoms with van der Waals surface area (Å²) in [4.78, 5) is 19.2. The molecule has 110 valence electrons. The predicted octanol–water partition coefficient (Wildman–Crippen LogP) is 4.15. The van der Waals surface area contributed by atoms with Crippen molar-refractivity contribution in [3.05, 3.63) is 39.2 Å². The van der Waals surface area contributed by atoms with Crippen molar-refractivity contribution >= 4 is 44.8 Å². The van der Waals surface area contributed by atoms with E-state index in [1.165, 1.54) is 24.6 Å². The first-order chi connectivity index (χ1) is 10.1. The number of amidine groups is 1. The molecule has 0 saturated carbocycles. The lowest BCUT2D eigenvalue weighted by atomic mass is 10.00. The molecule has 1 saturated heterocycles. The Morgan fingerprint density at radius 3 is 2.86 bits per heavy atom. The van der Waals surface area contributed by atoms with Crippen LogP contribution in [0.5, 0.6) is 0 Å². The Bertz CT molecular complexity index is 618. The summed E-state index contributed by atoms with van der Waals surface area (Å²) in [5, 5.41) is 0.869. The van der Waals surface area contributed by atoms with E-state index >= 15 is 0 Å². The van der Waals surface area contributed by atoms with Crippen LogP contribution in [0.15, 0.2) is 38.6 Å². The van der Waals surface area contributed by atoms with Gasteiger partial charge in [-0.05, 0) is 54.3 Å². The minimum atomic E-state index is -0.117. The number of likely N-dealkylation sites (tertiary alicyclic amines) is 1. The lowest BCUT2D eigenvalue weighted by Gasteiger charge is -2.30. The molecule has 1 aromatic carbocycles. The van der Waals surface area contributed by atoms with E-state index in [0.717, 1.165) is 34.2 Å². The molecule has 1 amide bonds. The normalized spacial score (nSPS) is 22.0. The Kier molecular flexibility index (Phi) is 4.50. The van der Waals surface area contributed by atoms with Crippen molar-refractivity contribution in [1.29, 1.82) is 0 Å². The highest BCUT2D eigenvalue weighted by molar-refractivity contribution is 9.10. The number of carbonyl (C=O) groups excluding carboxylic acids is 1. The zero-order valence-corrected chi connectivity index (χ0v) is 14.3. The lowest BCUT2D eigenvalue weighted by molar-refractivity contribution is -0.113. The molecule has 21 heavy (non-hydrogen) atoms. The van der Waals surface area contributed by atoms with Crippen LogP contribution in [0.25, 0.3) is 6.08 Å². The van der Waals surface area contributed by atoms with Crippen molar-refractivity contribution < 1.29 is 4.79 Å². The van der Waals surface area contributed by atoms with E-state index in [9.17, 15) is 4.79 Å². The fourth-order valence-corrected chi connectivity index (χ4v) is 3.86. The standard InChI is InChI=1S/C16H17BrN2OS/c1-11-5-7-19(8-6-11)16-18-15(20)14(21-16)10-12-3-2-4-13(17)9-12/h2-4,9-11H,5-8H2,1H3/b14-10-. The van der Waals surface area contributed by atoms with Crippen LogP contribution in [-0.2, 0) is 4.79 Å². The molecular formula is C16H17BrN2OS. The van der Waals surface area contributed by atoms with Crippen LogP contribution in [0.1, 0.15) is 25.3 Å². The quantitative estimate of drug-likeness (QED) is 0.701. The highest BCUT2D eigenvalue weighted by Crippen LogP contribution is 2.32. The number of amides is 1. The highest BCUT2D eigenvalue weighted by atomic mass is 79.9. The topological polar surface area (TPSA) is 32.7 Å². The molecule has 0 bridgehead atoms. The van der Waals surface area contributed by atoms with E-state index in [-0.39, 0.29) is 5.91 Å². The third kappa shape index (κ3) is 3.58. The summed E-state index contributed by atoms with van der Waals surface area (Å²) < 4.78 is 1.01. The fraction of sp³-hybridized carbons (Fsp3) is 0.375. The maximum absolute atomic E-state index is 12.1. The first-order valence-electron chi connectivity index (χ1n) is 7.15. The molecule has 0 N–H and O–H groups in total. The van der Waals surface area contributed by atoms with Gasteiger partial charge in [-0.2, -0.15) is 4.99 Å². The summed E-state index contributed by atoms with van der Waals surface area (Å²) >= 11 is 4.95. The molecule has 2 aliphatic rings. The second-order valence-electron chi connectivity index (χ2n) is 5.53. The average Bonchev–Trinajstić information content (AvgIpc) is 2.81. The van der Waals surface area contributed by atoms with E-state index in [0.29, 0.717) is 4.91 Å². The van der Waals surface area contributed by atoms with Crippen molar-refractivity contribution in [3.8, 4) is 0 Å². The Hall–Kier alpha value is -1.07. The van der Waals surface area contributed by atoms with Gasteiger partial charge in [-0.25, -0.2) is 0 Å². The van der Waals surface area contributed by atoms with Gasteiger partial charge in [0.05, 0.1) is 4.91 Å². The van der Waals surface area contributed by atoms with Crippen LogP contribution in [0.2, 0.25) is 0 Å². The van der Waals surface area contributed by atoms with Crippen LogP contribution in [-0.4, -0.2) is 29.1 Å². The number of aliphatic imine (C=N–C) groups is 1. The van der Waals surface area contributed by atoms with E-state index in [2.05, 4.69) is 32.7 Å². The van der Waals surface area contributed by atoms with E-state index in [4.69, 9.17) is 0 Å². The van der Waals surface area contributed by atoms with Gasteiger partial charge in [0.2, 0.25) is 0 Å². The van der Waals surface area contributed by atoms with Crippen LogP contribution >= 0.6 is 27.7 Å². The van der Waals surface area contributed by atoms with Crippen LogP contribution in [0.4, 0.5) is 0 Å². The number of carbonyl (C=O) groups is 1. The second kappa shape index (κ2) is 6.36. The van der Waals surface area contributed by atoms with Gasteiger partial charge in [-0.1, -0.05) is 35.0 Å². The van der Waals surface area contributed by atoms with Gasteiger partial charge in [-0.15, -0.1) is 0 Å². The molecule has 0 unspecified atom stereocenters. The Labute approximate surface area is 137 Å². The molecule has 3 nitrogen and oxygen atoms in total. The number of hydrogen-bond donors (Lipinski definition) is 0. The smallest absolute Gasteiger partial charge is 0.286 e. The minimum Gasteiger partial charge on any atom is -0.351 e. The average molecular weight is 365 g/mol. The number of rotatable bonds is 1. The summed E-state index contributed by atoms with van der Waals surface area (Å²) in [5.74, 6) is 0.661. The van der Waals surface area contributed by atoms with E-state index < -0.39 is 0 Å². The Morgan fingerprint density at radius 2 is 2.14 bits per heavy atom. The summed E-state index contributed by atoms with van der Waals surface area (Å²) in [6.45, 7) is 4.29. The molecule has 3 rings (SSSR count). The largest absolute Gasteiger partial charge is 0.351 e. The first kappa shape index (κ1) is 14.9. The highest BCUT2D eigenvalue weighted by Gasteiger charge is 2.28. The monoisotopic (exact) mass is 364 g/mol. The Balaban J connectivity index is 1.73. The molecule has 0 aliphatic carbocycles. The fourth-order valence-electron chi connectivity index (χ4n) is 2.48. The number of piperidine rings is 1. The molecule has 0 spiro atoms. The van der Waals surface area contributed by atoms with Crippen molar-refractivity contribution in [1.82, 2.24) is 4.90 Å². The zero-order chi connectivity index (χ0) is 14.8. The molecule has 1 aromatic rings. The summed E-state index contributed by atoms with van der Waals surface area (Å²) in [5.41, 5.74) is 1.02. The molecule has 0 radical (unpaired) electrons. The number of hydrogen-bond acceptors (Lipinski definition) is 3. The first-order valence-corrected chi connectivity index (χ1v) is 8.76. The molecule has 5 heteroatoms. The van der Waals surface area contributed by atoms with Gasteiger partial charge in [0, 0.05) is 17.6 Å². The van der Waals surface area contributed by atoms with Crippen LogP contribution in [0, 0.1) is 5.92 Å². The summed E-state index contributed by atoms with van der Waals surface area (Å²) in [6.07, 6.45) is 4.28. The summed E-state index contributed by atoms with van der Waals surface area (Å²) in [6, 6.07) is 7.93. The molecule has 1 fully saturated rings. The predicted molar refractivity (Wildman–Crippen MR) is 92.1 cm³/mol. The number of benzene rings is 1. The molecule has 0 aromatic heterocycles. The van der Waals surface area contributed by atoms with Crippen molar-refractivity contribution in [2.24, 2.45) is 10.9 Å². The molecule has 2 aliphatic heterocycles. The van der Waals surface area contributed by atoms with Crippen molar-refractivity contribution in [3.63, 3.8) is 0 Å². The lowest BCUT2D eigenvalue weighted by Crippen LogP contribution is -2.35. The number of thioether (sulfide) groups is 1. The van der Waals surface area contributed by atoms with Gasteiger partial charge < -0.3 is 4.90 Å². The number of halogens is 1. The van der Waals surface area contributed by atoms with Gasteiger partial charge >= 0.3 is 0 Å².